The Labute approximate surface area is 209 Å². The summed E-state index contributed by atoms with van der Waals surface area (Å²) in [7, 11) is -3.56. The first-order valence-corrected chi connectivity index (χ1v) is 13.9. The maximum Gasteiger partial charge on any atom is 0.243 e. The molecule has 1 amide bonds. The van der Waals surface area contributed by atoms with Crippen LogP contribution in [0.5, 0.6) is 5.75 Å². The maximum absolute atomic E-state index is 13.1. The predicted octanol–water partition coefficient (Wildman–Crippen LogP) is 3.34. The molecule has 2 aromatic carbocycles. The molecule has 2 heterocycles. The highest BCUT2D eigenvalue weighted by Crippen LogP contribution is 2.26. The number of piperidine rings is 1. The molecule has 0 bridgehead atoms. The van der Waals surface area contributed by atoms with Gasteiger partial charge in [-0.25, -0.2) is 8.42 Å². The molecule has 0 atom stereocenters. The summed E-state index contributed by atoms with van der Waals surface area (Å²) in [6.07, 6.45) is 5.43. The Balaban J connectivity index is 1.23. The van der Waals surface area contributed by atoms with Crippen molar-refractivity contribution in [2.75, 3.05) is 52.4 Å². The van der Waals surface area contributed by atoms with Crippen LogP contribution in [-0.2, 0) is 14.8 Å². The Morgan fingerprint density at radius 1 is 0.943 bits per heavy atom. The van der Waals surface area contributed by atoms with Gasteiger partial charge >= 0.3 is 0 Å². The molecule has 0 aromatic heterocycles. The average Bonchev–Trinajstić information content (AvgIpc) is 2.90. The highest BCUT2D eigenvalue weighted by Gasteiger charge is 2.34. The SMILES string of the molecule is CCOc1ccc(S(=O)(=O)N2CCC(C(=O)N3CCN(C/C=C/c4ccccc4)CC3)CC2)cc1. The maximum atomic E-state index is 13.1. The summed E-state index contributed by atoms with van der Waals surface area (Å²) in [5, 5.41) is 0. The van der Waals surface area contributed by atoms with Crippen molar-refractivity contribution in [2.24, 2.45) is 5.92 Å². The van der Waals surface area contributed by atoms with Crippen LogP contribution in [0.2, 0.25) is 0 Å². The summed E-state index contributed by atoms with van der Waals surface area (Å²) < 4.78 is 33.0. The molecule has 0 saturated carbocycles. The van der Waals surface area contributed by atoms with E-state index in [-0.39, 0.29) is 16.7 Å². The normalized spacial score (nSPS) is 18.7. The molecule has 35 heavy (non-hydrogen) atoms. The Kier molecular flexibility index (Phi) is 8.59. The van der Waals surface area contributed by atoms with Gasteiger partial charge in [-0.05, 0) is 49.6 Å². The Morgan fingerprint density at radius 3 is 2.23 bits per heavy atom. The van der Waals surface area contributed by atoms with Crippen LogP contribution in [0, 0.1) is 5.92 Å². The number of benzene rings is 2. The molecule has 0 aliphatic carbocycles. The summed E-state index contributed by atoms with van der Waals surface area (Å²) in [5.74, 6) is 0.719. The molecular formula is C27H35N3O4S. The zero-order chi connectivity index (χ0) is 24.7. The van der Waals surface area contributed by atoms with Gasteiger partial charge in [-0.2, -0.15) is 4.31 Å². The lowest BCUT2D eigenvalue weighted by Gasteiger charge is -2.38. The molecule has 0 unspecified atom stereocenters. The van der Waals surface area contributed by atoms with Gasteiger partial charge in [0.25, 0.3) is 0 Å². The molecule has 8 heteroatoms. The van der Waals surface area contributed by atoms with E-state index in [0.717, 1.165) is 32.7 Å². The van der Waals surface area contributed by atoms with Gasteiger partial charge in [-0.1, -0.05) is 42.5 Å². The number of amides is 1. The Hall–Kier alpha value is -2.68. The minimum Gasteiger partial charge on any atom is -0.494 e. The van der Waals surface area contributed by atoms with E-state index in [0.29, 0.717) is 38.3 Å². The molecule has 0 radical (unpaired) electrons. The van der Waals surface area contributed by atoms with Crippen molar-refractivity contribution in [1.29, 1.82) is 0 Å². The van der Waals surface area contributed by atoms with Crippen LogP contribution in [0.3, 0.4) is 0 Å². The summed E-state index contributed by atoms with van der Waals surface area (Å²) >= 11 is 0. The van der Waals surface area contributed by atoms with Crippen molar-refractivity contribution in [3.8, 4) is 5.75 Å². The first-order chi connectivity index (χ1) is 17.0. The zero-order valence-electron chi connectivity index (χ0n) is 20.4. The molecule has 2 aromatic rings. The summed E-state index contributed by atoms with van der Waals surface area (Å²) in [5.41, 5.74) is 1.19. The van der Waals surface area contributed by atoms with Crippen LogP contribution in [0.4, 0.5) is 0 Å². The monoisotopic (exact) mass is 497 g/mol. The molecule has 2 fully saturated rings. The fraction of sp³-hybridized carbons (Fsp3) is 0.444. The van der Waals surface area contributed by atoms with Crippen molar-refractivity contribution in [2.45, 2.75) is 24.7 Å². The first-order valence-electron chi connectivity index (χ1n) is 12.4. The van der Waals surface area contributed by atoms with Gasteiger partial charge in [0.2, 0.25) is 15.9 Å². The Morgan fingerprint density at radius 2 is 1.60 bits per heavy atom. The fourth-order valence-electron chi connectivity index (χ4n) is 4.68. The fourth-order valence-corrected chi connectivity index (χ4v) is 6.15. The summed E-state index contributed by atoms with van der Waals surface area (Å²) in [6, 6.07) is 16.8. The number of sulfonamides is 1. The smallest absolute Gasteiger partial charge is 0.243 e. The number of rotatable bonds is 8. The molecule has 0 spiro atoms. The Bertz CT molecular complexity index is 1090. The molecule has 188 valence electrons. The number of nitrogens with zero attached hydrogens (tertiary/aromatic N) is 3. The predicted molar refractivity (Wildman–Crippen MR) is 138 cm³/mol. The van der Waals surface area contributed by atoms with Crippen molar-refractivity contribution >= 4 is 22.0 Å². The van der Waals surface area contributed by atoms with Crippen molar-refractivity contribution in [3.05, 3.63) is 66.2 Å². The third-order valence-corrected chi connectivity index (χ3v) is 8.65. The van der Waals surface area contributed by atoms with E-state index < -0.39 is 10.0 Å². The highest BCUT2D eigenvalue weighted by molar-refractivity contribution is 7.89. The van der Waals surface area contributed by atoms with Crippen LogP contribution in [0.25, 0.3) is 6.08 Å². The van der Waals surface area contributed by atoms with Crippen LogP contribution < -0.4 is 4.74 Å². The van der Waals surface area contributed by atoms with Gasteiger partial charge < -0.3 is 9.64 Å². The van der Waals surface area contributed by atoms with Crippen LogP contribution in [0.15, 0.2) is 65.6 Å². The number of carbonyl (C=O) groups is 1. The van der Waals surface area contributed by atoms with Crippen molar-refractivity contribution < 1.29 is 17.9 Å². The number of hydrogen-bond donors (Lipinski definition) is 0. The van der Waals surface area contributed by atoms with Crippen LogP contribution in [-0.4, -0.2) is 80.9 Å². The molecule has 4 rings (SSSR count). The third-order valence-electron chi connectivity index (χ3n) is 6.73. The lowest BCUT2D eigenvalue weighted by Crippen LogP contribution is -2.51. The average molecular weight is 498 g/mol. The molecule has 2 aliphatic rings. The minimum atomic E-state index is -3.56. The molecule has 2 aliphatic heterocycles. The highest BCUT2D eigenvalue weighted by atomic mass is 32.2. The van der Waals surface area contributed by atoms with Crippen LogP contribution in [0.1, 0.15) is 25.3 Å². The van der Waals surface area contributed by atoms with Gasteiger partial charge in [-0.15, -0.1) is 0 Å². The van der Waals surface area contributed by atoms with E-state index in [4.69, 9.17) is 4.74 Å². The van der Waals surface area contributed by atoms with E-state index >= 15 is 0 Å². The zero-order valence-corrected chi connectivity index (χ0v) is 21.2. The molecule has 7 nitrogen and oxygen atoms in total. The quantitative estimate of drug-likeness (QED) is 0.560. The largest absolute Gasteiger partial charge is 0.494 e. The van der Waals surface area contributed by atoms with E-state index in [9.17, 15) is 13.2 Å². The van der Waals surface area contributed by atoms with Gasteiger partial charge in [0.05, 0.1) is 11.5 Å². The lowest BCUT2D eigenvalue weighted by molar-refractivity contribution is -0.138. The number of carbonyl (C=O) groups excluding carboxylic acids is 1. The number of piperazine rings is 1. The van der Waals surface area contributed by atoms with Gasteiger partial charge in [0, 0.05) is 51.7 Å². The molecular weight excluding hydrogens is 462 g/mol. The first kappa shape index (κ1) is 25.4. The second-order valence-electron chi connectivity index (χ2n) is 9.02. The van der Waals surface area contributed by atoms with E-state index in [1.54, 1.807) is 24.3 Å². The van der Waals surface area contributed by atoms with E-state index in [1.165, 1.54) is 9.87 Å². The van der Waals surface area contributed by atoms with Gasteiger partial charge in [-0.3, -0.25) is 9.69 Å². The standard InChI is InChI=1S/C27H35N3O4S/c1-2-34-25-10-12-26(13-11-25)35(32,33)30-17-14-24(15-18-30)27(31)29-21-19-28(20-22-29)16-6-9-23-7-4-3-5-8-23/h3-13,24H,2,14-22H2,1H3/b9-6+. The van der Waals surface area contributed by atoms with E-state index in [2.05, 4.69) is 29.2 Å². The van der Waals surface area contributed by atoms with Crippen molar-refractivity contribution in [1.82, 2.24) is 14.1 Å². The van der Waals surface area contributed by atoms with Crippen molar-refractivity contribution in [3.63, 3.8) is 0 Å². The molecule has 0 N–H and O–H groups in total. The minimum absolute atomic E-state index is 0.105. The second-order valence-corrected chi connectivity index (χ2v) is 11.0. The van der Waals surface area contributed by atoms with Gasteiger partial charge in [0.1, 0.15) is 5.75 Å². The number of hydrogen-bond acceptors (Lipinski definition) is 5. The van der Waals surface area contributed by atoms with Crippen LogP contribution >= 0.6 is 0 Å². The topological polar surface area (TPSA) is 70.2 Å². The number of ether oxygens (including phenoxy) is 1. The second kappa shape index (κ2) is 11.8. The lowest BCUT2D eigenvalue weighted by atomic mass is 9.96. The summed E-state index contributed by atoms with van der Waals surface area (Å²) in [4.78, 5) is 17.7. The summed E-state index contributed by atoms with van der Waals surface area (Å²) in [6.45, 7) is 7.21. The van der Waals surface area contributed by atoms with E-state index in [1.807, 2.05) is 30.0 Å². The van der Waals surface area contributed by atoms with Gasteiger partial charge in [0.15, 0.2) is 0 Å². The third kappa shape index (κ3) is 6.51. The molecule has 2 saturated heterocycles.